The molecule has 0 bridgehead atoms. The maximum Gasteiger partial charge on any atom is 0.178 e. The molecule has 21 heavy (non-hydrogen) atoms. The van der Waals surface area contributed by atoms with Crippen molar-refractivity contribution in [2.24, 2.45) is 0 Å². The molecule has 0 fully saturated rings. The zero-order valence-corrected chi connectivity index (χ0v) is 11.8. The maximum absolute atomic E-state index is 13.6. The van der Waals surface area contributed by atoms with Gasteiger partial charge in [-0.05, 0) is 24.3 Å². The fourth-order valence-electron chi connectivity index (χ4n) is 2.17. The number of ether oxygens (including phenoxy) is 1. The number of hydrogen-bond acceptors (Lipinski definition) is 3. The lowest BCUT2D eigenvalue weighted by Crippen LogP contribution is -2.33. The van der Waals surface area contributed by atoms with Gasteiger partial charge < -0.3 is 4.74 Å². The Morgan fingerprint density at radius 2 is 1.86 bits per heavy atom. The molecule has 5 heteroatoms. The number of thioether (sulfide) groups is 1. The highest BCUT2D eigenvalue weighted by atomic mass is 32.2. The van der Waals surface area contributed by atoms with E-state index in [-0.39, 0.29) is 17.8 Å². The molecular formula is C16H12F2O2S. The number of rotatable bonds is 3. The van der Waals surface area contributed by atoms with Crippen LogP contribution in [0.3, 0.4) is 0 Å². The second-order valence-electron chi connectivity index (χ2n) is 4.71. The van der Waals surface area contributed by atoms with Gasteiger partial charge in [0.15, 0.2) is 11.9 Å². The molecule has 1 unspecified atom stereocenters. The summed E-state index contributed by atoms with van der Waals surface area (Å²) in [6.45, 7) is 0. The van der Waals surface area contributed by atoms with Crippen LogP contribution in [0.2, 0.25) is 0 Å². The van der Waals surface area contributed by atoms with Gasteiger partial charge in [-0.2, -0.15) is 0 Å². The summed E-state index contributed by atoms with van der Waals surface area (Å²) in [4.78, 5) is 13.2. The molecule has 0 N–H and O–H groups in total. The van der Waals surface area contributed by atoms with Crippen LogP contribution in [-0.4, -0.2) is 17.6 Å². The van der Waals surface area contributed by atoms with Gasteiger partial charge >= 0.3 is 0 Å². The summed E-state index contributed by atoms with van der Waals surface area (Å²) in [5.41, 5.74) is -0.199. The summed E-state index contributed by atoms with van der Waals surface area (Å²) < 4.78 is 32.8. The van der Waals surface area contributed by atoms with Crippen LogP contribution in [0.25, 0.3) is 0 Å². The molecule has 0 amide bonds. The molecule has 0 spiro atoms. The van der Waals surface area contributed by atoms with Crippen LogP contribution in [0.5, 0.6) is 5.75 Å². The summed E-state index contributed by atoms with van der Waals surface area (Å²) in [5, 5.41) is 0. The number of fused-ring (bicyclic) bond motifs is 1. The highest BCUT2D eigenvalue weighted by molar-refractivity contribution is 7.99. The van der Waals surface area contributed by atoms with Crippen molar-refractivity contribution in [1.82, 2.24) is 0 Å². The average Bonchev–Trinajstić information content (AvgIpc) is 2.50. The Morgan fingerprint density at radius 3 is 2.62 bits per heavy atom. The monoisotopic (exact) mass is 306 g/mol. The molecule has 3 rings (SSSR count). The minimum atomic E-state index is -0.702. The van der Waals surface area contributed by atoms with Gasteiger partial charge in [-0.15, -0.1) is 11.8 Å². The Kier molecular flexibility index (Phi) is 3.92. The second kappa shape index (κ2) is 5.85. The van der Waals surface area contributed by atoms with Crippen molar-refractivity contribution in [2.45, 2.75) is 17.4 Å². The van der Waals surface area contributed by atoms with E-state index in [2.05, 4.69) is 0 Å². The molecule has 0 radical (unpaired) electrons. The van der Waals surface area contributed by atoms with E-state index in [0.717, 1.165) is 17.0 Å². The second-order valence-corrected chi connectivity index (χ2v) is 5.77. The highest BCUT2D eigenvalue weighted by Gasteiger charge is 2.27. The predicted octanol–water partition coefficient (Wildman–Crippen LogP) is 3.63. The van der Waals surface area contributed by atoms with Crippen molar-refractivity contribution < 1.29 is 18.3 Å². The van der Waals surface area contributed by atoms with Crippen molar-refractivity contribution in [3.63, 3.8) is 0 Å². The number of benzene rings is 2. The molecule has 2 nitrogen and oxygen atoms in total. The van der Waals surface area contributed by atoms with Crippen LogP contribution in [0.1, 0.15) is 5.56 Å². The van der Waals surface area contributed by atoms with Crippen LogP contribution in [0, 0.1) is 11.6 Å². The molecule has 1 heterocycles. The lowest BCUT2D eigenvalue weighted by molar-refractivity contribution is -0.124. The van der Waals surface area contributed by atoms with Gasteiger partial charge in [0, 0.05) is 22.6 Å². The first-order valence-corrected chi connectivity index (χ1v) is 7.48. The zero-order chi connectivity index (χ0) is 14.8. The third-order valence-electron chi connectivity index (χ3n) is 3.28. The largest absolute Gasteiger partial charge is 0.481 e. The van der Waals surface area contributed by atoms with Gasteiger partial charge in [0.1, 0.15) is 17.4 Å². The fourth-order valence-corrected chi connectivity index (χ4v) is 3.19. The Balaban J connectivity index is 1.76. The molecule has 1 aliphatic rings. The summed E-state index contributed by atoms with van der Waals surface area (Å²) in [5.74, 6) is -0.632. The first-order chi connectivity index (χ1) is 10.1. The number of carbonyl (C=O) groups excluding carboxylic acids is 1. The molecule has 108 valence electrons. The Morgan fingerprint density at radius 1 is 1.14 bits per heavy atom. The summed E-state index contributed by atoms with van der Waals surface area (Å²) in [6, 6.07) is 11.0. The third-order valence-corrected chi connectivity index (χ3v) is 4.40. The van der Waals surface area contributed by atoms with E-state index in [4.69, 9.17) is 4.74 Å². The van der Waals surface area contributed by atoms with E-state index in [1.165, 1.54) is 17.8 Å². The standard InChI is InChI=1S/C16H12F2O2S/c17-11-4-3-5-12(18)10(11)8-13(19)15-9-21-16-7-2-1-6-14(16)20-15/h1-7,15H,8-9H2. The summed E-state index contributed by atoms with van der Waals surface area (Å²) >= 11 is 1.51. The quantitative estimate of drug-likeness (QED) is 0.866. The summed E-state index contributed by atoms with van der Waals surface area (Å²) in [6.07, 6.45) is -0.977. The van der Waals surface area contributed by atoms with Crippen LogP contribution >= 0.6 is 11.8 Å². The van der Waals surface area contributed by atoms with Gasteiger partial charge in [-0.3, -0.25) is 4.79 Å². The van der Waals surface area contributed by atoms with Gasteiger partial charge in [-0.25, -0.2) is 8.78 Å². The van der Waals surface area contributed by atoms with Crippen molar-refractivity contribution in [3.05, 3.63) is 59.7 Å². The fraction of sp³-hybridized carbons (Fsp3) is 0.188. The minimum absolute atomic E-state index is 0.199. The Bertz CT molecular complexity index is 667. The van der Waals surface area contributed by atoms with Crippen LogP contribution in [0.15, 0.2) is 47.4 Å². The molecule has 2 aromatic carbocycles. The van der Waals surface area contributed by atoms with Gasteiger partial charge in [0.05, 0.1) is 0 Å². The first-order valence-electron chi connectivity index (χ1n) is 6.49. The van der Waals surface area contributed by atoms with Crippen molar-refractivity contribution in [1.29, 1.82) is 0 Å². The number of halogens is 2. The summed E-state index contributed by atoms with van der Waals surface area (Å²) in [7, 11) is 0. The number of hydrogen-bond donors (Lipinski definition) is 0. The van der Waals surface area contributed by atoms with Crippen molar-refractivity contribution >= 4 is 17.5 Å². The van der Waals surface area contributed by atoms with E-state index in [9.17, 15) is 13.6 Å². The lowest BCUT2D eigenvalue weighted by Gasteiger charge is -2.24. The van der Waals surface area contributed by atoms with Crippen LogP contribution < -0.4 is 4.74 Å². The molecule has 2 aromatic rings. The van der Waals surface area contributed by atoms with Crippen LogP contribution in [0.4, 0.5) is 8.78 Å². The molecule has 0 aromatic heterocycles. The average molecular weight is 306 g/mol. The number of Topliss-reactive ketones (excluding diaryl/α,β-unsaturated/α-hetero) is 1. The predicted molar refractivity (Wildman–Crippen MR) is 76.7 cm³/mol. The SMILES string of the molecule is O=C(Cc1c(F)cccc1F)C1CSc2ccccc2O1. The number of ketones is 1. The molecule has 0 saturated heterocycles. The van der Waals surface area contributed by atoms with E-state index in [1.807, 2.05) is 18.2 Å². The third kappa shape index (κ3) is 2.93. The topological polar surface area (TPSA) is 26.3 Å². The molecule has 0 aliphatic carbocycles. The van der Waals surface area contributed by atoms with E-state index in [1.54, 1.807) is 6.07 Å². The molecule has 1 atom stereocenters. The lowest BCUT2D eigenvalue weighted by atomic mass is 10.0. The zero-order valence-electron chi connectivity index (χ0n) is 11.0. The molecular weight excluding hydrogens is 294 g/mol. The maximum atomic E-state index is 13.6. The first kappa shape index (κ1) is 14.1. The normalized spacial score (nSPS) is 17.0. The van der Waals surface area contributed by atoms with Gasteiger partial charge in [0.2, 0.25) is 0 Å². The van der Waals surface area contributed by atoms with Gasteiger partial charge in [0.25, 0.3) is 0 Å². The van der Waals surface area contributed by atoms with Crippen molar-refractivity contribution in [2.75, 3.05) is 5.75 Å². The van der Waals surface area contributed by atoms with Crippen molar-refractivity contribution in [3.8, 4) is 5.75 Å². The Labute approximate surface area is 125 Å². The van der Waals surface area contributed by atoms with E-state index < -0.39 is 17.7 Å². The van der Waals surface area contributed by atoms with E-state index >= 15 is 0 Å². The van der Waals surface area contributed by atoms with E-state index in [0.29, 0.717) is 11.5 Å². The van der Waals surface area contributed by atoms with Gasteiger partial charge in [-0.1, -0.05) is 18.2 Å². The minimum Gasteiger partial charge on any atom is -0.481 e. The molecule has 0 saturated carbocycles. The smallest absolute Gasteiger partial charge is 0.178 e. The Hall–Kier alpha value is -1.88. The molecule has 1 aliphatic heterocycles. The number of para-hydroxylation sites is 1. The number of carbonyl (C=O) groups is 1. The van der Waals surface area contributed by atoms with Crippen LogP contribution in [-0.2, 0) is 11.2 Å². The highest BCUT2D eigenvalue weighted by Crippen LogP contribution is 2.35.